The van der Waals surface area contributed by atoms with Crippen LogP contribution in [0.2, 0.25) is 0 Å². The minimum absolute atomic E-state index is 0.0539. The summed E-state index contributed by atoms with van der Waals surface area (Å²) in [6.07, 6.45) is 3.67. The maximum absolute atomic E-state index is 12.8. The van der Waals surface area contributed by atoms with Crippen molar-refractivity contribution >= 4 is 11.8 Å². The van der Waals surface area contributed by atoms with Gasteiger partial charge in [0.05, 0.1) is 0 Å². The summed E-state index contributed by atoms with van der Waals surface area (Å²) in [6, 6.07) is -0.338. The van der Waals surface area contributed by atoms with Gasteiger partial charge in [0, 0.05) is 6.04 Å². The zero-order valence-electron chi connectivity index (χ0n) is 12.7. The van der Waals surface area contributed by atoms with E-state index < -0.39 is 11.6 Å². The predicted molar refractivity (Wildman–Crippen MR) is 74.6 cm³/mol. The minimum atomic E-state index is -0.576. The van der Waals surface area contributed by atoms with Crippen molar-refractivity contribution in [3.8, 4) is 0 Å². The second-order valence-electron chi connectivity index (χ2n) is 7.31. The summed E-state index contributed by atoms with van der Waals surface area (Å²) in [7, 11) is 0. The van der Waals surface area contributed by atoms with Crippen LogP contribution < -0.4 is 5.32 Å². The van der Waals surface area contributed by atoms with E-state index in [1.54, 1.807) is 0 Å². The third-order valence-corrected chi connectivity index (χ3v) is 4.46. The third-order valence-electron chi connectivity index (χ3n) is 4.46. The van der Waals surface area contributed by atoms with E-state index in [4.69, 9.17) is 0 Å². The average Bonchev–Trinajstić information content (AvgIpc) is 2.71. The number of piperazine rings is 1. The summed E-state index contributed by atoms with van der Waals surface area (Å²) in [5, 5.41) is 2.99. The molecule has 0 bridgehead atoms. The van der Waals surface area contributed by atoms with E-state index in [9.17, 15) is 9.59 Å². The van der Waals surface area contributed by atoms with Crippen LogP contribution >= 0.6 is 0 Å². The lowest BCUT2D eigenvalue weighted by Gasteiger charge is -2.51. The number of nitrogens with one attached hydrogen (secondary N) is 1. The second-order valence-corrected chi connectivity index (χ2v) is 7.31. The number of nitrogens with zero attached hydrogens (tertiary/aromatic N) is 1. The third kappa shape index (κ3) is 2.15. The maximum atomic E-state index is 12.8. The van der Waals surface area contributed by atoms with Gasteiger partial charge in [-0.3, -0.25) is 9.59 Å². The van der Waals surface area contributed by atoms with Crippen molar-refractivity contribution in [1.82, 2.24) is 10.2 Å². The Kier molecular flexibility index (Phi) is 3.40. The van der Waals surface area contributed by atoms with Gasteiger partial charge in [-0.25, -0.2) is 0 Å². The molecule has 1 saturated heterocycles. The summed E-state index contributed by atoms with van der Waals surface area (Å²) in [6.45, 7) is 10.0. The number of carbonyl (C=O) groups is 2. The molecule has 108 valence electrons. The Balaban J connectivity index is 2.41. The Hall–Kier alpha value is -1.06. The predicted octanol–water partition coefficient (Wildman–Crippen LogP) is 2.08. The lowest BCUT2D eigenvalue weighted by Crippen LogP contribution is -2.73. The molecule has 0 radical (unpaired) electrons. The van der Waals surface area contributed by atoms with E-state index in [0.717, 1.165) is 25.7 Å². The molecule has 0 aromatic carbocycles. The van der Waals surface area contributed by atoms with Gasteiger partial charge in [-0.15, -0.1) is 0 Å². The summed E-state index contributed by atoms with van der Waals surface area (Å²) in [4.78, 5) is 27.3. The topological polar surface area (TPSA) is 49.4 Å². The highest BCUT2D eigenvalue weighted by Crippen LogP contribution is 2.41. The van der Waals surface area contributed by atoms with Gasteiger partial charge in [0.25, 0.3) is 0 Å². The average molecular weight is 266 g/mol. The molecule has 4 heteroatoms. The largest absolute Gasteiger partial charge is 0.342 e. The molecule has 1 aliphatic heterocycles. The highest BCUT2D eigenvalue weighted by molar-refractivity contribution is 6.00. The van der Waals surface area contributed by atoms with E-state index in [1.807, 2.05) is 39.5 Å². The maximum Gasteiger partial charge on any atom is 0.246 e. The first-order valence-electron chi connectivity index (χ1n) is 7.34. The number of amides is 2. The number of hydrogen-bond acceptors (Lipinski definition) is 2. The Labute approximate surface area is 115 Å². The molecule has 2 fully saturated rings. The molecule has 0 aromatic heterocycles. The van der Waals surface area contributed by atoms with Crippen molar-refractivity contribution in [3.05, 3.63) is 0 Å². The standard InChI is InChI=1S/C15H26N2O2/c1-10(2)17-12(18)11(14(3,4)5)16-13(19)15(17)8-6-7-9-15/h10-11H,6-9H2,1-5H3,(H,16,19). The van der Waals surface area contributed by atoms with Gasteiger partial charge in [-0.1, -0.05) is 33.6 Å². The fourth-order valence-electron chi connectivity index (χ4n) is 3.55. The molecule has 1 spiro atoms. The molecule has 1 N–H and O–H groups in total. The molecule has 1 aliphatic carbocycles. The van der Waals surface area contributed by atoms with Crippen LogP contribution in [0.1, 0.15) is 60.3 Å². The van der Waals surface area contributed by atoms with E-state index in [2.05, 4.69) is 5.32 Å². The van der Waals surface area contributed by atoms with E-state index >= 15 is 0 Å². The summed E-state index contributed by atoms with van der Waals surface area (Å²) < 4.78 is 0. The van der Waals surface area contributed by atoms with E-state index in [0.29, 0.717) is 0 Å². The van der Waals surface area contributed by atoms with Gasteiger partial charge < -0.3 is 10.2 Å². The molecule has 0 aromatic rings. The van der Waals surface area contributed by atoms with Gasteiger partial charge in [0.2, 0.25) is 11.8 Å². The zero-order valence-corrected chi connectivity index (χ0v) is 12.7. The van der Waals surface area contributed by atoms with Crippen molar-refractivity contribution in [2.24, 2.45) is 5.41 Å². The molecule has 2 rings (SSSR count). The van der Waals surface area contributed by atoms with Gasteiger partial charge in [-0.2, -0.15) is 0 Å². The van der Waals surface area contributed by atoms with Crippen LogP contribution in [0.15, 0.2) is 0 Å². The van der Waals surface area contributed by atoms with E-state index in [-0.39, 0.29) is 23.3 Å². The van der Waals surface area contributed by atoms with Crippen LogP contribution in [-0.4, -0.2) is 34.3 Å². The Bertz CT molecular complexity index is 389. The van der Waals surface area contributed by atoms with Gasteiger partial charge in [0.15, 0.2) is 0 Å². The Morgan fingerprint density at radius 1 is 1.21 bits per heavy atom. The van der Waals surface area contributed by atoms with Crippen molar-refractivity contribution in [3.63, 3.8) is 0 Å². The SMILES string of the molecule is CC(C)N1C(=O)C(C(C)(C)C)NC(=O)C12CCCC2. The molecule has 4 nitrogen and oxygen atoms in total. The molecule has 19 heavy (non-hydrogen) atoms. The molecular formula is C15H26N2O2. The van der Waals surface area contributed by atoms with Crippen molar-refractivity contribution in [1.29, 1.82) is 0 Å². The van der Waals surface area contributed by atoms with Gasteiger partial charge in [-0.05, 0) is 32.1 Å². The van der Waals surface area contributed by atoms with Crippen LogP contribution in [0.25, 0.3) is 0 Å². The smallest absolute Gasteiger partial charge is 0.246 e. The van der Waals surface area contributed by atoms with Gasteiger partial charge in [0.1, 0.15) is 11.6 Å². The van der Waals surface area contributed by atoms with E-state index in [1.165, 1.54) is 0 Å². The highest BCUT2D eigenvalue weighted by atomic mass is 16.2. The lowest BCUT2D eigenvalue weighted by atomic mass is 9.79. The first kappa shape index (κ1) is 14.4. The fourth-order valence-corrected chi connectivity index (χ4v) is 3.55. The van der Waals surface area contributed by atoms with Crippen molar-refractivity contribution in [2.45, 2.75) is 77.9 Å². The quantitative estimate of drug-likeness (QED) is 0.790. The van der Waals surface area contributed by atoms with Crippen LogP contribution in [0, 0.1) is 5.41 Å². The van der Waals surface area contributed by atoms with Crippen molar-refractivity contribution < 1.29 is 9.59 Å². The monoisotopic (exact) mass is 266 g/mol. The zero-order chi connectivity index (χ0) is 14.4. The van der Waals surface area contributed by atoms with Crippen LogP contribution in [0.4, 0.5) is 0 Å². The highest BCUT2D eigenvalue weighted by Gasteiger charge is 2.56. The molecule has 1 unspecified atom stereocenters. The lowest BCUT2D eigenvalue weighted by molar-refractivity contribution is -0.163. The molecule has 1 heterocycles. The first-order valence-corrected chi connectivity index (χ1v) is 7.34. The van der Waals surface area contributed by atoms with Crippen LogP contribution in [0.3, 0.4) is 0 Å². The minimum Gasteiger partial charge on any atom is -0.342 e. The molecule has 2 aliphatic rings. The first-order chi connectivity index (χ1) is 8.70. The summed E-state index contributed by atoms with van der Waals surface area (Å²) in [5.41, 5.74) is -0.826. The molecule has 1 atom stereocenters. The summed E-state index contributed by atoms with van der Waals surface area (Å²) in [5.74, 6) is 0.141. The van der Waals surface area contributed by atoms with Crippen molar-refractivity contribution in [2.75, 3.05) is 0 Å². The van der Waals surface area contributed by atoms with Crippen LogP contribution in [0.5, 0.6) is 0 Å². The number of carbonyl (C=O) groups excluding carboxylic acids is 2. The van der Waals surface area contributed by atoms with Crippen LogP contribution in [-0.2, 0) is 9.59 Å². The normalized spacial score (nSPS) is 27.3. The Morgan fingerprint density at radius 3 is 2.16 bits per heavy atom. The number of rotatable bonds is 1. The fraction of sp³-hybridized carbons (Fsp3) is 0.867. The molecular weight excluding hydrogens is 240 g/mol. The summed E-state index contributed by atoms with van der Waals surface area (Å²) >= 11 is 0. The molecule has 2 amide bonds. The number of hydrogen-bond donors (Lipinski definition) is 1. The van der Waals surface area contributed by atoms with Gasteiger partial charge >= 0.3 is 0 Å². The second kappa shape index (κ2) is 4.50. The molecule has 1 saturated carbocycles. The Morgan fingerprint density at radius 2 is 1.74 bits per heavy atom.